The largest absolute Gasteiger partial charge is 0.496 e. The Bertz CT molecular complexity index is 809. The van der Waals surface area contributed by atoms with E-state index in [9.17, 15) is 9.59 Å². The minimum Gasteiger partial charge on any atom is -0.496 e. The predicted octanol–water partition coefficient (Wildman–Crippen LogP) is 3.28. The van der Waals surface area contributed by atoms with E-state index in [4.69, 9.17) is 25.8 Å². The van der Waals surface area contributed by atoms with Gasteiger partial charge in [-0.3, -0.25) is 4.79 Å². The fraction of sp³-hybridized carbons (Fsp3) is 0.300. The number of carbonyl (C=O) groups is 2. The highest BCUT2D eigenvalue weighted by Gasteiger charge is 2.18. The number of aryl methyl sites for hydroxylation is 1. The molecular formula is C20H22ClNO5. The number of para-hydroxylation sites is 1. The average Bonchev–Trinajstić information content (AvgIpc) is 2.65. The summed E-state index contributed by atoms with van der Waals surface area (Å²) >= 11 is 5.88. The lowest BCUT2D eigenvalue weighted by Crippen LogP contribution is -2.36. The molecule has 0 fully saturated rings. The summed E-state index contributed by atoms with van der Waals surface area (Å²) in [5.74, 6) is 0.167. The van der Waals surface area contributed by atoms with E-state index in [1.54, 1.807) is 31.4 Å². The minimum absolute atomic E-state index is 0.269. The Morgan fingerprint density at radius 1 is 1.15 bits per heavy atom. The van der Waals surface area contributed by atoms with Gasteiger partial charge in [0.25, 0.3) is 5.91 Å². The quantitative estimate of drug-likeness (QED) is 0.699. The highest BCUT2D eigenvalue weighted by atomic mass is 35.5. The molecule has 0 radical (unpaired) electrons. The van der Waals surface area contributed by atoms with Crippen LogP contribution in [0.4, 0.5) is 0 Å². The number of hydrogen-bond acceptors (Lipinski definition) is 5. The van der Waals surface area contributed by atoms with Gasteiger partial charge in [-0.15, -0.1) is 0 Å². The molecule has 0 saturated carbocycles. The predicted molar refractivity (Wildman–Crippen MR) is 102 cm³/mol. The molecule has 7 heteroatoms. The first-order chi connectivity index (χ1) is 12.9. The van der Waals surface area contributed by atoms with Gasteiger partial charge in [0, 0.05) is 17.1 Å². The Hall–Kier alpha value is -2.73. The topological polar surface area (TPSA) is 73.9 Å². The van der Waals surface area contributed by atoms with E-state index < -0.39 is 18.0 Å². The van der Waals surface area contributed by atoms with Crippen LogP contribution in [0.5, 0.6) is 11.5 Å². The van der Waals surface area contributed by atoms with E-state index in [1.165, 1.54) is 6.92 Å². The van der Waals surface area contributed by atoms with Crippen molar-refractivity contribution < 1.29 is 23.8 Å². The van der Waals surface area contributed by atoms with Crippen LogP contribution in [0.25, 0.3) is 0 Å². The Kier molecular flexibility index (Phi) is 7.49. The van der Waals surface area contributed by atoms with E-state index in [-0.39, 0.29) is 13.2 Å². The van der Waals surface area contributed by atoms with E-state index in [0.717, 1.165) is 11.1 Å². The van der Waals surface area contributed by atoms with E-state index in [1.807, 2.05) is 25.1 Å². The first-order valence-corrected chi connectivity index (χ1v) is 8.76. The molecule has 2 aromatic carbocycles. The van der Waals surface area contributed by atoms with Gasteiger partial charge >= 0.3 is 5.97 Å². The second-order valence-corrected chi connectivity index (χ2v) is 6.30. The summed E-state index contributed by atoms with van der Waals surface area (Å²) in [5, 5.41) is 3.30. The number of ether oxygens (including phenoxy) is 3. The number of rotatable bonds is 8. The maximum atomic E-state index is 12.1. The van der Waals surface area contributed by atoms with E-state index >= 15 is 0 Å². The third-order valence-corrected chi connectivity index (χ3v) is 4.04. The molecule has 1 N–H and O–H groups in total. The van der Waals surface area contributed by atoms with Gasteiger partial charge in [0.15, 0.2) is 12.7 Å². The van der Waals surface area contributed by atoms with Gasteiger partial charge in [0.1, 0.15) is 11.5 Å². The zero-order valence-electron chi connectivity index (χ0n) is 15.5. The van der Waals surface area contributed by atoms with Crippen molar-refractivity contribution in [2.24, 2.45) is 0 Å². The number of benzene rings is 2. The molecule has 6 nitrogen and oxygen atoms in total. The first-order valence-electron chi connectivity index (χ1n) is 8.38. The van der Waals surface area contributed by atoms with Crippen molar-refractivity contribution in [3.63, 3.8) is 0 Å². The second-order valence-electron chi connectivity index (χ2n) is 5.86. The van der Waals surface area contributed by atoms with Crippen LogP contribution >= 0.6 is 11.6 Å². The molecule has 0 saturated heterocycles. The molecule has 1 atom stereocenters. The summed E-state index contributed by atoms with van der Waals surface area (Å²) in [7, 11) is 1.56. The second kappa shape index (κ2) is 9.83. The van der Waals surface area contributed by atoms with Crippen molar-refractivity contribution in [1.29, 1.82) is 0 Å². The molecule has 0 heterocycles. The first kappa shape index (κ1) is 20.6. The smallest absolute Gasteiger partial charge is 0.344 e. The molecule has 144 valence electrons. The molecule has 27 heavy (non-hydrogen) atoms. The number of carbonyl (C=O) groups excluding carboxylic acids is 2. The van der Waals surface area contributed by atoms with Crippen LogP contribution in [0.3, 0.4) is 0 Å². The molecule has 1 unspecified atom stereocenters. The van der Waals surface area contributed by atoms with Crippen molar-refractivity contribution in [2.75, 3.05) is 13.7 Å². The van der Waals surface area contributed by atoms with Crippen LogP contribution < -0.4 is 14.8 Å². The van der Waals surface area contributed by atoms with Gasteiger partial charge in [-0.25, -0.2) is 4.79 Å². The molecule has 0 aliphatic heterocycles. The lowest BCUT2D eigenvalue weighted by atomic mass is 10.2. The number of nitrogens with one attached hydrogen (secondary N) is 1. The highest BCUT2D eigenvalue weighted by molar-refractivity contribution is 6.30. The van der Waals surface area contributed by atoms with Gasteiger partial charge in [-0.05, 0) is 43.7 Å². The van der Waals surface area contributed by atoms with Gasteiger partial charge < -0.3 is 19.5 Å². The lowest BCUT2D eigenvalue weighted by Gasteiger charge is -2.15. The van der Waals surface area contributed by atoms with Crippen molar-refractivity contribution >= 4 is 23.5 Å². The standard InChI is InChI=1S/C20H22ClNO5/c1-13-10-16(21)8-9-17(13)26-12-19(23)27-14(2)20(24)22-11-15-6-4-5-7-18(15)25-3/h4-10,14H,11-12H2,1-3H3,(H,22,24). The van der Waals surface area contributed by atoms with Gasteiger partial charge in [0.05, 0.1) is 7.11 Å². The maximum absolute atomic E-state index is 12.1. The van der Waals surface area contributed by atoms with Crippen LogP contribution in [0.1, 0.15) is 18.1 Å². The number of esters is 1. The third-order valence-electron chi connectivity index (χ3n) is 3.81. The molecule has 0 aromatic heterocycles. The summed E-state index contributed by atoms with van der Waals surface area (Å²) in [5.41, 5.74) is 1.63. The fourth-order valence-corrected chi connectivity index (χ4v) is 2.60. The minimum atomic E-state index is -0.942. The number of hydrogen-bond donors (Lipinski definition) is 1. The normalized spacial score (nSPS) is 11.4. The Labute approximate surface area is 163 Å². The van der Waals surface area contributed by atoms with Gasteiger partial charge in [-0.1, -0.05) is 29.8 Å². The Balaban J connectivity index is 1.80. The van der Waals surface area contributed by atoms with Crippen LogP contribution in [-0.2, 0) is 20.9 Å². The molecule has 0 aliphatic carbocycles. The summed E-state index contributed by atoms with van der Waals surface area (Å²) in [6.07, 6.45) is -0.942. The molecule has 2 rings (SSSR count). The summed E-state index contributed by atoms with van der Waals surface area (Å²) in [6.45, 7) is 3.29. The molecule has 1 amide bonds. The van der Waals surface area contributed by atoms with Crippen LogP contribution in [0.15, 0.2) is 42.5 Å². The number of halogens is 1. The maximum Gasteiger partial charge on any atom is 0.344 e. The average molecular weight is 392 g/mol. The van der Waals surface area contributed by atoms with Crippen molar-refractivity contribution in [3.05, 3.63) is 58.6 Å². The third kappa shape index (κ3) is 6.18. The van der Waals surface area contributed by atoms with E-state index in [2.05, 4.69) is 5.32 Å². The van der Waals surface area contributed by atoms with Crippen LogP contribution in [0.2, 0.25) is 5.02 Å². The van der Waals surface area contributed by atoms with Crippen molar-refractivity contribution in [1.82, 2.24) is 5.32 Å². The number of methoxy groups -OCH3 is 1. The highest BCUT2D eigenvalue weighted by Crippen LogP contribution is 2.21. The van der Waals surface area contributed by atoms with E-state index in [0.29, 0.717) is 16.5 Å². The lowest BCUT2D eigenvalue weighted by molar-refractivity contribution is -0.156. The summed E-state index contributed by atoms with van der Waals surface area (Å²) in [6, 6.07) is 12.4. The van der Waals surface area contributed by atoms with Crippen molar-refractivity contribution in [2.45, 2.75) is 26.5 Å². The zero-order chi connectivity index (χ0) is 19.8. The summed E-state index contributed by atoms with van der Waals surface area (Å²) in [4.78, 5) is 24.0. The Morgan fingerprint density at radius 3 is 2.59 bits per heavy atom. The molecule has 0 aliphatic rings. The zero-order valence-corrected chi connectivity index (χ0v) is 16.2. The molecular weight excluding hydrogens is 370 g/mol. The van der Waals surface area contributed by atoms with Crippen LogP contribution in [-0.4, -0.2) is 31.7 Å². The Morgan fingerprint density at radius 2 is 1.89 bits per heavy atom. The SMILES string of the molecule is COc1ccccc1CNC(=O)C(C)OC(=O)COc1ccc(Cl)cc1C. The fourth-order valence-electron chi connectivity index (χ4n) is 2.37. The monoisotopic (exact) mass is 391 g/mol. The van der Waals surface area contributed by atoms with Gasteiger partial charge in [-0.2, -0.15) is 0 Å². The molecule has 0 spiro atoms. The van der Waals surface area contributed by atoms with Gasteiger partial charge in [0.2, 0.25) is 0 Å². The molecule has 0 bridgehead atoms. The van der Waals surface area contributed by atoms with Crippen molar-refractivity contribution in [3.8, 4) is 11.5 Å². The van der Waals surface area contributed by atoms with Crippen LogP contribution in [0, 0.1) is 6.92 Å². The summed E-state index contributed by atoms with van der Waals surface area (Å²) < 4.78 is 15.8. The number of amides is 1. The molecule has 2 aromatic rings.